The van der Waals surface area contributed by atoms with Crippen molar-refractivity contribution >= 4 is 5.91 Å². The van der Waals surface area contributed by atoms with Gasteiger partial charge in [-0.2, -0.15) is 0 Å². The summed E-state index contributed by atoms with van der Waals surface area (Å²) in [4.78, 5) is 14.7. The van der Waals surface area contributed by atoms with Gasteiger partial charge in [-0.25, -0.2) is 0 Å². The van der Waals surface area contributed by atoms with Crippen molar-refractivity contribution in [2.45, 2.75) is 44.2 Å². The van der Waals surface area contributed by atoms with Gasteiger partial charge in [0.1, 0.15) is 0 Å². The summed E-state index contributed by atoms with van der Waals surface area (Å²) in [5.74, 6) is 0.0440. The van der Waals surface area contributed by atoms with Gasteiger partial charge in [0.2, 0.25) is 0 Å². The first-order valence-corrected chi connectivity index (χ1v) is 8.97. The van der Waals surface area contributed by atoms with E-state index in [1.165, 1.54) is 17.5 Å². The summed E-state index contributed by atoms with van der Waals surface area (Å²) in [5, 5.41) is 13.0. The van der Waals surface area contributed by atoms with E-state index in [9.17, 15) is 9.90 Å². The van der Waals surface area contributed by atoms with E-state index < -0.39 is 6.10 Å². The summed E-state index contributed by atoms with van der Waals surface area (Å²) in [6, 6.07) is 6.35. The quantitative estimate of drug-likeness (QED) is 0.826. The Balaban J connectivity index is 1.46. The van der Waals surface area contributed by atoms with Crippen LogP contribution in [0, 0.1) is 0 Å². The van der Waals surface area contributed by atoms with Crippen LogP contribution in [0.2, 0.25) is 0 Å². The number of amides is 1. The number of fused-ring (bicyclic) bond motifs is 1. The number of methoxy groups -OCH3 is 1. The number of hydrogen-bond donors (Lipinski definition) is 2. The predicted octanol–water partition coefficient (Wildman–Crippen LogP) is 1.38. The summed E-state index contributed by atoms with van der Waals surface area (Å²) >= 11 is 0. The van der Waals surface area contributed by atoms with E-state index in [2.05, 4.69) is 22.3 Å². The summed E-state index contributed by atoms with van der Waals surface area (Å²) < 4.78 is 4.97. The third-order valence-electron chi connectivity index (χ3n) is 5.11. The molecule has 1 amide bonds. The molecule has 0 spiro atoms. The third kappa shape index (κ3) is 4.35. The molecule has 1 atom stereocenters. The number of piperidine rings is 1. The molecule has 5 nitrogen and oxygen atoms in total. The molecule has 2 N–H and O–H groups in total. The number of aryl methyl sites for hydroxylation is 2. The number of carbonyl (C=O) groups excluding carboxylic acids is 1. The molecule has 1 aromatic rings. The Hall–Kier alpha value is -1.43. The lowest BCUT2D eigenvalue weighted by Crippen LogP contribution is -2.47. The van der Waals surface area contributed by atoms with E-state index in [1.54, 1.807) is 7.11 Å². The van der Waals surface area contributed by atoms with Crippen molar-refractivity contribution in [2.75, 3.05) is 33.4 Å². The Bertz CT molecular complexity index is 568. The Morgan fingerprint density at radius 3 is 2.83 bits per heavy atom. The number of hydrogen-bond acceptors (Lipinski definition) is 4. The number of rotatable bonds is 6. The van der Waals surface area contributed by atoms with Crippen molar-refractivity contribution in [1.29, 1.82) is 0 Å². The first-order valence-electron chi connectivity index (χ1n) is 8.97. The minimum atomic E-state index is -0.437. The molecular weight excluding hydrogens is 304 g/mol. The van der Waals surface area contributed by atoms with Gasteiger partial charge in [0.25, 0.3) is 5.91 Å². The van der Waals surface area contributed by atoms with Crippen molar-refractivity contribution in [2.24, 2.45) is 0 Å². The summed E-state index contributed by atoms with van der Waals surface area (Å²) in [7, 11) is 1.60. The highest BCUT2D eigenvalue weighted by molar-refractivity contribution is 5.94. The van der Waals surface area contributed by atoms with E-state index >= 15 is 0 Å². The first-order chi connectivity index (χ1) is 11.7. The lowest BCUT2D eigenvalue weighted by molar-refractivity contribution is 0.0309. The molecule has 1 fully saturated rings. The molecule has 1 aromatic carbocycles. The molecule has 1 unspecified atom stereocenters. The zero-order chi connectivity index (χ0) is 16.9. The highest BCUT2D eigenvalue weighted by Gasteiger charge is 2.23. The molecule has 0 aromatic heterocycles. The Morgan fingerprint density at radius 2 is 2.08 bits per heavy atom. The fourth-order valence-corrected chi connectivity index (χ4v) is 3.78. The van der Waals surface area contributed by atoms with E-state index in [0.717, 1.165) is 44.3 Å². The second kappa shape index (κ2) is 8.10. The Kier molecular flexibility index (Phi) is 5.87. The molecule has 0 bridgehead atoms. The lowest BCUT2D eigenvalue weighted by atomic mass is 10.0. The molecule has 1 aliphatic carbocycles. The lowest BCUT2D eigenvalue weighted by Gasteiger charge is -2.33. The van der Waals surface area contributed by atoms with Crippen LogP contribution < -0.4 is 5.32 Å². The average molecular weight is 332 g/mol. The largest absolute Gasteiger partial charge is 0.389 e. The van der Waals surface area contributed by atoms with Crippen LogP contribution in [0.1, 0.15) is 40.7 Å². The Labute approximate surface area is 144 Å². The maximum absolute atomic E-state index is 12.5. The van der Waals surface area contributed by atoms with Gasteiger partial charge in [0.15, 0.2) is 0 Å². The fraction of sp³-hybridized carbons (Fsp3) is 0.632. The zero-order valence-corrected chi connectivity index (χ0v) is 14.5. The molecule has 0 radical (unpaired) electrons. The number of benzene rings is 1. The molecule has 1 saturated heterocycles. The van der Waals surface area contributed by atoms with Crippen molar-refractivity contribution in [3.05, 3.63) is 34.9 Å². The first kappa shape index (κ1) is 17.4. The van der Waals surface area contributed by atoms with E-state index in [1.807, 2.05) is 6.07 Å². The van der Waals surface area contributed by atoms with Gasteiger partial charge in [0.05, 0.1) is 12.7 Å². The minimum absolute atomic E-state index is 0.0440. The van der Waals surface area contributed by atoms with Crippen molar-refractivity contribution in [3.63, 3.8) is 0 Å². The van der Waals surface area contributed by atoms with Gasteiger partial charge >= 0.3 is 0 Å². The number of nitrogens with one attached hydrogen (secondary N) is 1. The SMILES string of the molecule is COCC(O)CN1CCC(NC(=O)c2ccc3c(c2)CCC3)CC1. The van der Waals surface area contributed by atoms with Gasteiger partial charge in [-0.05, 0) is 55.4 Å². The number of likely N-dealkylation sites (tertiary alicyclic amines) is 1. The van der Waals surface area contributed by atoms with Gasteiger partial charge in [0, 0.05) is 38.3 Å². The third-order valence-corrected chi connectivity index (χ3v) is 5.11. The van der Waals surface area contributed by atoms with Crippen LogP contribution in [0.4, 0.5) is 0 Å². The standard InChI is InChI=1S/C19H28N2O3/c1-24-13-18(22)12-21-9-7-17(8-10-21)20-19(23)16-6-5-14-3-2-4-15(14)11-16/h5-6,11,17-18,22H,2-4,7-10,12-13H2,1H3,(H,20,23). The topological polar surface area (TPSA) is 61.8 Å². The smallest absolute Gasteiger partial charge is 0.251 e. The molecule has 1 heterocycles. The van der Waals surface area contributed by atoms with Gasteiger partial charge in [-0.1, -0.05) is 6.07 Å². The summed E-state index contributed by atoms with van der Waals surface area (Å²) in [6.07, 6.45) is 4.86. The maximum atomic E-state index is 12.5. The van der Waals surface area contributed by atoms with Gasteiger partial charge < -0.3 is 20.1 Å². The highest BCUT2D eigenvalue weighted by Crippen LogP contribution is 2.23. The molecule has 3 rings (SSSR count). The second-order valence-corrected chi connectivity index (χ2v) is 6.99. The normalized spacial score (nSPS) is 19.9. The van der Waals surface area contributed by atoms with Crippen LogP contribution in [-0.2, 0) is 17.6 Å². The number of nitrogens with zero attached hydrogens (tertiary/aromatic N) is 1. The zero-order valence-electron chi connectivity index (χ0n) is 14.5. The molecule has 1 aliphatic heterocycles. The van der Waals surface area contributed by atoms with Crippen LogP contribution in [0.25, 0.3) is 0 Å². The monoisotopic (exact) mass is 332 g/mol. The molecule has 132 valence electrons. The summed E-state index contributed by atoms with van der Waals surface area (Å²) in [6.45, 7) is 2.81. The van der Waals surface area contributed by atoms with Crippen LogP contribution >= 0.6 is 0 Å². The van der Waals surface area contributed by atoms with Crippen LogP contribution in [0.3, 0.4) is 0 Å². The van der Waals surface area contributed by atoms with Crippen molar-refractivity contribution in [1.82, 2.24) is 10.2 Å². The van der Waals surface area contributed by atoms with Crippen LogP contribution in [0.5, 0.6) is 0 Å². The second-order valence-electron chi connectivity index (χ2n) is 6.99. The van der Waals surface area contributed by atoms with Crippen molar-refractivity contribution < 1.29 is 14.6 Å². The van der Waals surface area contributed by atoms with E-state index in [0.29, 0.717) is 13.2 Å². The van der Waals surface area contributed by atoms with E-state index in [-0.39, 0.29) is 11.9 Å². The highest BCUT2D eigenvalue weighted by atomic mass is 16.5. The fourth-order valence-electron chi connectivity index (χ4n) is 3.78. The minimum Gasteiger partial charge on any atom is -0.389 e. The van der Waals surface area contributed by atoms with Gasteiger partial charge in [-0.15, -0.1) is 0 Å². The summed E-state index contributed by atoms with van der Waals surface area (Å²) in [5.41, 5.74) is 3.52. The number of β-amino-alcohol motifs (C(OH)–C–C–N with tert-alkyl or cyclic N) is 1. The molecule has 24 heavy (non-hydrogen) atoms. The number of aliphatic hydroxyl groups excluding tert-OH is 1. The predicted molar refractivity (Wildman–Crippen MR) is 93.3 cm³/mol. The van der Waals surface area contributed by atoms with E-state index in [4.69, 9.17) is 4.74 Å². The number of ether oxygens (including phenoxy) is 1. The van der Waals surface area contributed by atoms with Crippen LogP contribution in [-0.4, -0.2) is 61.4 Å². The number of carbonyl (C=O) groups is 1. The molecule has 2 aliphatic rings. The molecular formula is C19H28N2O3. The number of aliphatic hydroxyl groups is 1. The van der Waals surface area contributed by atoms with Crippen molar-refractivity contribution in [3.8, 4) is 0 Å². The van der Waals surface area contributed by atoms with Crippen LogP contribution in [0.15, 0.2) is 18.2 Å². The van der Waals surface area contributed by atoms with Gasteiger partial charge in [-0.3, -0.25) is 4.79 Å². The maximum Gasteiger partial charge on any atom is 0.251 e. The Morgan fingerprint density at radius 1 is 1.33 bits per heavy atom. The molecule has 5 heteroatoms. The average Bonchev–Trinajstić information content (AvgIpc) is 3.04. The molecule has 0 saturated carbocycles.